The molecule has 1 aromatic carbocycles. The predicted octanol–water partition coefficient (Wildman–Crippen LogP) is 3.40. The Hall–Kier alpha value is -0.380. The van der Waals surface area contributed by atoms with E-state index in [0.717, 1.165) is 17.6 Å². The highest BCUT2D eigenvalue weighted by molar-refractivity contribution is 9.10. The first kappa shape index (κ1) is 14.0. The fourth-order valence-corrected chi connectivity index (χ4v) is 3.09. The summed E-state index contributed by atoms with van der Waals surface area (Å²) in [6.07, 6.45) is 5.17. The zero-order chi connectivity index (χ0) is 13.0. The Balaban J connectivity index is 1.84. The molecule has 0 amide bonds. The summed E-state index contributed by atoms with van der Waals surface area (Å²) in [6, 6.07) is 8.99. The Labute approximate surface area is 119 Å². The lowest BCUT2D eigenvalue weighted by Crippen LogP contribution is -2.39. The van der Waals surface area contributed by atoms with Gasteiger partial charge in [0.1, 0.15) is 0 Å². The van der Waals surface area contributed by atoms with E-state index in [2.05, 4.69) is 52.1 Å². The fourth-order valence-electron chi connectivity index (χ4n) is 2.83. The van der Waals surface area contributed by atoms with Crippen LogP contribution in [0.1, 0.15) is 31.2 Å². The Morgan fingerprint density at radius 2 is 1.89 bits per heavy atom. The van der Waals surface area contributed by atoms with Crippen molar-refractivity contribution in [2.45, 2.75) is 38.3 Å². The molecule has 1 aliphatic rings. The van der Waals surface area contributed by atoms with Crippen molar-refractivity contribution in [3.8, 4) is 0 Å². The average molecular weight is 311 g/mol. The van der Waals surface area contributed by atoms with Crippen LogP contribution in [0.15, 0.2) is 28.7 Å². The molecule has 18 heavy (non-hydrogen) atoms. The van der Waals surface area contributed by atoms with Crippen LogP contribution in [0.5, 0.6) is 0 Å². The lowest BCUT2D eigenvalue weighted by molar-refractivity contribution is 0.206. The first-order valence-corrected chi connectivity index (χ1v) is 7.63. The predicted molar refractivity (Wildman–Crippen MR) is 80.4 cm³/mol. The van der Waals surface area contributed by atoms with Crippen molar-refractivity contribution in [3.63, 3.8) is 0 Å². The lowest BCUT2D eigenvalue weighted by Gasteiger charge is -2.32. The standard InChI is InChI=1S/C15H23BrN2/c1-18(10-12-6-8-14(16)9-7-12)11-13-4-2-3-5-15(13)17/h6-9,13,15H,2-5,10-11,17H2,1H3. The second-order valence-electron chi connectivity index (χ2n) is 5.53. The van der Waals surface area contributed by atoms with Crippen LogP contribution in [0.2, 0.25) is 0 Å². The number of hydrogen-bond acceptors (Lipinski definition) is 2. The maximum absolute atomic E-state index is 6.21. The second kappa shape index (κ2) is 6.69. The molecule has 2 N–H and O–H groups in total. The Morgan fingerprint density at radius 3 is 2.56 bits per heavy atom. The number of benzene rings is 1. The van der Waals surface area contributed by atoms with E-state index in [0.29, 0.717) is 12.0 Å². The molecule has 0 spiro atoms. The molecule has 2 unspecified atom stereocenters. The van der Waals surface area contributed by atoms with Crippen LogP contribution < -0.4 is 5.73 Å². The largest absolute Gasteiger partial charge is 0.327 e. The van der Waals surface area contributed by atoms with Crippen molar-refractivity contribution < 1.29 is 0 Å². The van der Waals surface area contributed by atoms with E-state index < -0.39 is 0 Å². The number of nitrogens with zero attached hydrogens (tertiary/aromatic N) is 1. The quantitative estimate of drug-likeness (QED) is 0.923. The van der Waals surface area contributed by atoms with Gasteiger partial charge in [-0.3, -0.25) is 0 Å². The van der Waals surface area contributed by atoms with Crippen LogP contribution in [0.4, 0.5) is 0 Å². The van der Waals surface area contributed by atoms with Gasteiger partial charge in [-0.15, -0.1) is 0 Å². The number of nitrogens with two attached hydrogens (primary N) is 1. The summed E-state index contributed by atoms with van der Waals surface area (Å²) in [5.41, 5.74) is 7.57. The monoisotopic (exact) mass is 310 g/mol. The maximum Gasteiger partial charge on any atom is 0.0230 e. The van der Waals surface area contributed by atoms with Gasteiger partial charge in [-0.1, -0.05) is 40.9 Å². The molecule has 0 aromatic heterocycles. The molecule has 1 saturated carbocycles. The Morgan fingerprint density at radius 1 is 1.22 bits per heavy atom. The number of rotatable bonds is 4. The summed E-state index contributed by atoms with van der Waals surface area (Å²) in [5, 5.41) is 0. The van der Waals surface area contributed by atoms with Crippen LogP contribution in [0.25, 0.3) is 0 Å². The molecule has 2 atom stereocenters. The summed E-state index contributed by atoms with van der Waals surface area (Å²) in [4.78, 5) is 2.40. The smallest absolute Gasteiger partial charge is 0.0230 e. The molecule has 1 aliphatic carbocycles. The highest BCUT2D eigenvalue weighted by atomic mass is 79.9. The summed E-state index contributed by atoms with van der Waals surface area (Å²) in [7, 11) is 2.20. The van der Waals surface area contributed by atoms with E-state index in [9.17, 15) is 0 Å². The average Bonchev–Trinajstić information content (AvgIpc) is 2.35. The zero-order valence-corrected chi connectivity index (χ0v) is 12.7. The minimum atomic E-state index is 0.408. The summed E-state index contributed by atoms with van der Waals surface area (Å²) in [5.74, 6) is 0.680. The summed E-state index contributed by atoms with van der Waals surface area (Å²) < 4.78 is 1.14. The summed E-state index contributed by atoms with van der Waals surface area (Å²) >= 11 is 3.47. The van der Waals surface area contributed by atoms with E-state index >= 15 is 0 Å². The highest BCUT2D eigenvalue weighted by Gasteiger charge is 2.22. The third-order valence-electron chi connectivity index (χ3n) is 3.88. The van der Waals surface area contributed by atoms with Gasteiger partial charge in [-0.2, -0.15) is 0 Å². The molecule has 2 rings (SSSR count). The van der Waals surface area contributed by atoms with E-state index in [-0.39, 0.29) is 0 Å². The van der Waals surface area contributed by atoms with E-state index in [1.807, 2.05) is 0 Å². The number of halogens is 1. The van der Waals surface area contributed by atoms with Crippen LogP contribution >= 0.6 is 15.9 Å². The molecule has 0 heterocycles. The van der Waals surface area contributed by atoms with E-state index in [1.165, 1.54) is 31.2 Å². The van der Waals surface area contributed by atoms with Gasteiger partial charge in [0.25, 0.3) is 0 Å². The summed E-state index contributed by atoms with van der Waals surface area (Å²) in [6.45, 7) is 2.13. The highest BCUT2D eigenvalue weighted by Crippen LogP contribution is 2.24. The molecule has 1 aromatic rings. The fraction of sp³-hybridized carbons (Fsp3) is 0.600. The minimum Gasteiger partial charge on any atom is -0.327 e. The Bertz CT molecular complexity index is 363. The molecule has 0 radical (unpaired) electrons. The molecule has 1 fully saturated rings. The van der Waals surface area contributed by atoms with Crippen molar-refractivity contribution in [1.82, 2.24) is 4.90 Å². The maximum atomic E-state index is 6.21. The molecular weight excluding hydrogens is 288 g/mol. The second-order valence-corrected chi connectivity index (χ2v) is 6.45. The Kier molecular flexibility index (Phi) is 5.22. The van der Waals surface area contributed by atoms with Gasteiger partial charge in [0.05, 0.1) is 0 Å². The minimum absolute atomic E-state index is 0.408. The van der Waals surface area contributed by atoms with Crippen molar-refractivity contribution in [2.75, 3.05) is 13.6 Å². The van der Waals surface area contributed by atoms with E-state index in [4.69, 9.17) is 5.73 Å². The normalized spacial score (nSPS) is 24.4. The third-order valence-corrected chi connectivity index (χ3v) is 4.41. The van der Waals surface area contributed by atoms with Gasteiger partial charge in [0.2, 0.25) is 0 Å². The van der Waals surface area contributed by atoms with Crippen LogP contribution in [-0.4, -0.2) is 24.5 Å². The molecule has 0 bridgehead atoms. The van der Waals surface area contributed by atoms with Crippen LogP contribution in [0.3, 0.4) is 0 Å². The van der Waals surface area contributed by atoms with Gasteiger partial charge in [0.15, 0.2) is 0 Å². The van der Waals surface area contributed by atoms with Crippen molar-refractivity contribution in [3.05, 3.63) is 34.3 Å². The van der Waals surface area contributed by atoms with Crippen LogP contribution in [0, 0.1) is 5.92 Å². The topological polar surface area (TPSA) is 29.3 Å². The van der Waals surface area contributed by atoms with E-state index in [1.54, 1.807) is 0 Å². The van der Waals surface area contributed by atoms with Crippen molar-refractivity contribution in [1.29, 1.82) is 0 Å². The zero-order valence-electron chi connectivity index (χ0n) is 11.1. The van der Waals surface area contributed by atoms with Gasteiger partial charge in [-0.05, 0) is 43.5 Å². The van der Waals surface area contributed by atoms with Crippen LogP contribution in [-0.2, 0) is 6.54 Å². The SMILES string of the molecule is CN(Cc1ccc(Br)cc1)CC1CCCCC1N. The van der Waals surface area contributed by atoms with Gasteiger partial charge < -0.3 is 10.6 Å². The molecule has 2 nitrogen and oxygen atoms in total. The molecule has 0 saturated heterocycles. The number of hydrogen-bond donors (Lipinski definition) is 1. The van der Waals surface area contributed by atoms with Crippen molar-refractivity contribution >= 4 is 15.9 Å². The lowest BCUT2D eigenvalue weighted by atomic mass is 9.85. The first-order chi connectivity index (χ1) is 8.65. The third kappa shape index (κ3) is 4.08. The van der Waals surface area contributed by atoms with Gasteiger partial charge in [0, 0.05) is 23.6 Å². The van der Waals surface area contributed by atoms with Crippen molar-refractivity contribution in [2.24, 2.45) is 11.7 Å². The first-order valence-electron chi connectivity index (χ1n) is 6.83. The molecular formula is C15H23BrN2. The van der Waals surface area contributed by atoms with Gasteiger partial charge in [-0.25, -0.2) is 0 Å². The molecule has 3 heteroatoms. The molecule has 0 aliphatic heterocycles. The van der Waals surface area contributed by atoms with Gasteiger partial charge >= 0.3 is 0 Å². The molecule has 100 valence electrons.